The summed E-state index contributed by atoms with van der Waals surface area (Å²) in [5.41, 5.74) is 4.09. The molecule has 0 aliphatic carbocycles. The van der Waals surface area contributed by atoms with Crippen LogP contribution in [0.5, 0.6) is 5.88 Å². The van der Waals surface area contributed by atoms with E-state index in [0.29, 0.717) is 23.1 Å². The molecule has 1 N–H and O–H groups in total. The van der Waals surface area contributed by atoms with Gasteiger partial charge in [-0.15, -0.1) is 22.7 Å². The Hall–Kier alpha value is -2.88. The lowest BCUT2D eigenvalue weighted by atomic mass is 10.1. The fourth-order valence-electron chi connectivity index (χ4n) is 3.44. The fraction of sp³-hybridized carbons (Fsp3) is 0.304. The average Bonchev–Trinajstić information content (AvgIpc) is 3.37. The van der Waals surface area contributed by atoms with E-state index in [0.717, 1.165) is 44.0 Å². The van der Waals surface area contributed by atoms with Crippen molar-refractivity contribution >= 4 is 38.8 Å². The number of thiazole rings is 1. The van der Waals surface area contributed by atoms with Crippen molar-refractivity contribution in [3.8, 4) is 17.1 Å². The number of hydrogen-bond donors (Lipinski definition) is 1. The molecule has 0 radical (unpaired) electrons. The van der Waals surface area contributed by atoms with Crippen LogP contribution in [0.4, 0.5) is 0 Å². The minimum Gasteiger partial charge on any atom is -0.480 e. The number of carbonyl (C=O) groups excluding carboxylic acids is 1. The molecule has 1 amide bonds. The van der Waals surface area contributed by atoms with Gasteiger partial charge in [0.2, 0.25) is 5.88 Å². The molecule has 4 rings (SSSR count). The van der Waals surface area contributed by atoms with E-state index in [1.165, 1.54) is 11.3 Å². The number of fused-ring (bicyclic) bond motifs is 1. The highest BCUT2D eigenvalue weighted by Gasteiger charge is 2.21. The van der Waals surface area contributed by atoms with Gasteiger partial charge < -0.3 is 14.8 Å². The van der Waals surface area contributed by atoms with Crippen molar-refractivity contribution in [2.75, 3.05) is 20.8 Å². The largest absolute Gasteiger partial charge is 0.480 e. The summed E-state index contributed by atoms with van der Waals surface area (Å²) >= 11 is 2.99. The second-order valence-corrected chi connectivity index (χ2v) is 9.33. The second kappa shape index (κ2) is 9.72. The molecule has 4 aromatic rings. The van der Waals surface area contributed by atoms with E-state index in [2.05, 4.69) is 49.9 Å². The summed E-state index contributed by atoms with van der Waals surface area (Å²) in [5.74, 6) is 0.877. The summed E-state index contributed by atoms with van der Waals surface area (Å²) in [7, 11) is 3.15. The molecule has 0 saturated heterocycles. The molecule has 0 aliphatic heterocycles. The molecule has 166 valence electrons. The van der Waals surface area contributed by atoms with Gasteiger partial charge in [-0.25, -0.2) is 9.97 Å². The predicted molar refractivity (Wildman–Crippen MR) is 128 cm³/mol. The van der Waals surface area contributed by atoms with Crippen molar-refractivity contribution in [3.63, 3.8) is 0 Å². The van der Waals surface area contributed by atoms with Crippen molar-refractivity contribution in [2.45, 2.75) is 26.9 Å². The Labute approximate surface area is 194 Å². The summed E-state index contributed by atoms with van der Waals surface area (Å²) in [6.45, 7) is 4.73. The van der Waals surface area contributed by atoms with E-state index in [-0.39, 0.29) is 12.5 Å². The average molecular weight is 469 g/mol. The van der Waals surface area contributed by atoms with Crippen molar-refractivity contribution in [3.05, 3.63) is 56.5 Å². The van der Waals surface area contributed by atoms with Gasteiger partial charge in [0.25, 0.3) is 5.91 Å². The summed E-state index contributed by atoms with van der Waals surface area (Å²) in [6, 6.07) is 8.31. The Balaban J connectivity index is 1.43. The van der Waals surface area contributed by atoms with E-state index < -0.39 is 0 Å². The molecule has 0 unspecified atom stereocenters. The Morgan fingerprint density at radius 1 is 1.09 bits per heavy atom. The number of methoxy groups -OCH3 is 2. The second-order valence-electron chi connectivity index (χ2n) is 7.27. The van der Waals surface area contributed by atoms with Crippen LogP contribution in [0.3, 0.4) is 0 Å². The third-order valence-corrected chi connectivity index (χ3v) is 7.00. The quantitative estimate of drug-likeness (QED) is 0.408. The Kier molecular flexibility index (Phi) is 6.78. The molecule has 0 saturated carbocycles. The number of benzene rings is 1. The lowest BCUT2D eigenvalue weighted by Gasteiger charge is -2.06. The molecule has 7 nitrogen and oxygen atoms in total. The van der Waals surface area contributed by atoms with Gasteiger partial charge in [0.15, 0.2) is 5.82 Å². The van der Waals surface area contributed by atoms with Gasteiger partial charge in [-0.05, 0) is 31.4 Å². The van der Waals surface area contributed by atoms with E-state index in [4.69, 9.17) is 9.47 Å². The maximum Gasteiger partial charge on any atom is 0.261 e. The summed E-state index contributed by atoms with van der Waals surface area (Å²) < 4.78 is 10.6. The standard InChI is InChI=1S/C23H24N4O3S2/c1-13-19-22(30-4)26-18(11-29-3)27-23(19)32-20(13)21(28)24-10-9-15-5-7-16(8-6-15)17-12-31-14(2)25-17/h5-8,12H,9-11H2,1-4H3,(H,24,28). The van der Waals surface area contributed by atoms with Crippen LogP contribution in [0.15, 0.2) is 29.6 Å². The maximum absolute atomic E-state index is 12.9. The van der Waals surface area contributed by atoms with Gasteiger partial charge in [0, 0.05) is 24.6 Å². The summed E-state index contributed by atoms with van der Waals surface area (Å²) in [4.78, 5) is 27.6. The molecule has 0 fully saturated rings. The van der Waals surface area contributed by atoms with Gasteiger partial charge in [-0.3, -0.25) is 4.79 Å². The number of aryl methyl sites for hydroxylation is 2. The maximum atomic E-state index is 12.9. The number of carbonyl (C=O) groups is 1. The van der Waals surface area contributed by atoms with Crippen LogP contribution in [0.25, 0.3) is 21.5 Å². The Morgan fingerprint density at radius 3 is 2.53 bits per heavy atom. The third-order valence-electron chi connectivity index (χ3n) is 5.04. The molecule has 32 heavy (non-hydrogen) atoms. The van der Waals surface area contributed by atoms with E-state index in [9.17, 15) is 4.79 Å². The van der Waals surface area contributed by atoms with E-state index in [1.807, 2.05) is 13.8 Å². The van der Waals surface area contributed by atoms with Crippen molar-refractivity contribution in [1.82, 2.24) is 20.3 Å². The van der Waals surface area contributed by atoms with Gasteiger partial charge in [0.1, 0.15) is 11.4 Å². The highest BCUT2D eigenvalue weighted by molar-refractivity contribution is 7.20. The minimum absolute atomic E-state index is 0.115. The normalized spacial score (nSPS) is 11.1. The molecule has 3 heterocycles. The lowest BCUT2D eigenvalue weighted by molar-refractivity contribution is 0.0957. The zero-order valence-electron chi connectivity index (χ0n) is 18.4. The van der Waals surface area contributed by atoms with Crippen molar-refractivity contribution < 1.29 is 14.3 Å². The molecule has 0 bridgehead atoms. The molecule has 0 spiro atoms. The zero-order chi connectivity index (χ0) is 22.7. The minimum atomic E-state index is -0.115. The van der Waals surface area contributed by atoms with Gasteiger partial charge in [-0.1, -0.05) is 24.3 Å². The first-order valence-corrected chi connectivity index (χ1v) is 11.8. The number of rotatable bonds is 8. The van der Waals surface area contributed by atoms with Crippen LogP contribution in [0.1, 0.15) is 31.6 Å². The number of nitrogens with one attached hydrogen (secondary N) is 1. The summed E-state index contributed by atoms with van der Waals surface area (Å²) in [5, 5.41) is 6.92. The van der Waals surface area contributed by atoms with Crippen LogP contribution in [0, 0.1) is 13.8 Å². The molecular formula is C23H24N4O3S2. The number of nitrogens with zero attached hydrogens (tertiary/aromatic N) is 3. The number of amides is 1. The van der Waals surface area contributed by atoms with E-state index in [1.54, 1.807) is 25.6 Å². The summed E-state index contributed by atoms with van der Waals surface area (Å²) in [6.07, 6.45) is 0.743. The van der Waals surface area contributed by atoms with Gasteiger partial charge in [-0.2, -0.15) is 4.98 Å². The van der Waals surface area contributed by atoms with Crippen LogP contribution in [-0.4, -0.2) is 41.6 Å². The number of ether oxygens (including phenoxy) is 2. The van der Waals surface area contributed by atoms with E-state index >= 15 is 0 Å². The highest BCUT2D eigenvalue weighted by Crippen LogP contribution is 2.35. The first-order chi connectivity index (χ1) is 15.5. The van der Waals surface area contributed by atoms with Crippen molar-refractivity contribution in [1.29, 1.82) is 0 Å². The molecule has 1 aromatic carbocycles. The van der Waals surface area contributed by atoms with Gasteiger partial charge in [0.05, 0.1) is 28.1 Å². The van der Waals surface area contributed by atoms with Crippen molar-refractivity contribution in [2.24, 2.45) is 0 Å². The van der Waals surface area contributed by atoms with Crippen LogP contribution < -0.4 is 10.1 Å². The smallest absolute Gasteiger partial charge is 0.261 e. The highest BCUT2D eigenvalue weighted by atomic mass is 32.1. The number of thiophene rings is 1. The zero-order valence-corrected chi connectivity index (χ0v) is 20.0. The topological polar surface area (TPSA) is 86.2 Å². The number of hydrogen-bond acceptors (Lipinski definition) is 8. The van der Waals surface area contributed by atoms with Crippen LogP contribution >= 0.6 is 22.7 Å². The SMILES string of the molecule is COCc1nc(OC)c2c(C)c(C(=O)NCCc3ccc(-c4csc(C)n4)cc3)sc2n1. The predicted octanol–water partition coefficient (Wildman–Crippen LogP) is 4.56. The first-order valence-electron chi connectivity index (χ1n) is 10.1. The van der Waals surface area contributed by atoms with Crippen LogP contribution in [0.2, 0.25) is 0 Å². The Morgan fingerprint density at radius 2 is 1.88 bits per heavy atom. The monoisotopic (exact) mass is 468 g/mol. The van der Waals surface area contributed by atoms with Gasteiger partial charge >= 0.3 is 0 Å². The first kappa shape index (κ1) is 22.3. The Bertz CT molecular complexity index is 1250. The molecule has 0 aliphatic rings. The lowest BCUT2D eigenvalue weighted by Crippen LogP contribution is -2.25. The van der Waals surface area contributed by atoms with Crippen LogP contribution in [-0.2, 0) is 17.8 Å². The molecule has 9 heteroatoms. The number of aromatic nitrogens is 3. The third kappa shape index (κ3) is 4.64. The molecule has 3 aromatic heterocycles. The molecular weight excluding hydrogens is 444 g/mol. The molecule has 0 atom stereocenters. The fourth-order valence-corrected chi connectivity index (χ4v) is 5.17.